The molecule has 0 aliphatic rings. The molecule has 12 rings (SSSR count). The molecular formula is C54H35N3. The number of nitrogens with zero attached hydrogens (tertiary/aromatic N) is 3. The van der Waals surface area contributed by atoms with Crippen molar-refractivity contribution in [2.45, 2.75) is 0 Å². The van der Waals surface area contributed by atoms with Crippen LogP contribution in [0.3, 0.4) is 0 Å². The fraction of sp³-hybridized carbons (Fsp3) is 0. The number of aromatic nitrogens is 3. The number of fused-ring (bicyclic) bond motifs is 9. The fourth-order valence-corrected chi connectivity index (χ4v) is 7.41. The largest absolute Gasteiger partial charge is 0.309 e. The van der Waals surface area contributed by atoms with Crippen molar-refractivity contribution in [3.05, 3.63) is 212 Å². The molecule has 12 aromatic rings. The van der Waals surface area contributed by atoms with E-state index in [1.807, 2.05) is 0 Å². The minimum Gasteiger partial charge on any atom is -0.309 e. The Kier molecular flexibility index (Phi) is 3.09. The molecule has 57 heavy (non-hydrogen) atoms. The molecular weight excluding hydrogens is 691 g/mol. The first-order chi connectivity index (χ1) is 40.8. The van der Waals surface area contributed by atoms with Gasteiger partial charge in [0.15, 0.2) is 0 Å². The van der Waals surface area contributed by atoms with E-state index in [1.54, 1.807) is 0 Å². The highest BCUT2D eigenvalue weighted by Gasteiger charge is 2.22. The zero-order chi connectivity index (χ0) is 63.6. The predicted molar refractivity (Wildman–Crippen MR) is 240 cm³/mol. The van der Waals surface area contributed by atoms with E-state index in [4.69, 9.17) is 23.3 Å². The molecule has 3 heterocycles. The lowest BCUT2D eigenvalue weighted by atomic mass is 10.00. The molecule has 0 N–H and O–H groups in total. The summed E-state index contributed by atoms with van der Waals surface area (Å²) in [4.78, 5) is 0. The van der Waals surface area contributed by atoms with Crippen molar-refractivity contribution in [2.24, 2.45) is 0 Å². The average molecular weight is 756 g/mol. The van der Waals surface area contributed by atoms with Gasteiger partial charge in [0.2, 0.25) is 0 Å². The minimum absolute atomic E-state index is 0.0968. The van der Waals surface area contributed by atoms with Crippen LogP contribution in [0.2, 0.25) is 0 Å². The minimum atomic E-state index is -0.982. The van der Waals surface area contributed by atoms with Gasteiger partial charge in [0.1, 0.15) is 0 Å². The van der Waals surface area contributed by atoms with E-state index in [0.717, 1.165) is 19.8 Å². The zero-order valence-electron chi connectivity index (χ0n) is 58.7. The molecule has 0 fully saturated rings. The van der Waals surface area contributed by atoms with Crippen molar-refractivity contribution >= 4 is 65.4 Å². The van der Waals surface area contributed by atoms with Gasteiger partial charge in [-0.25, -0.2) is 0 Å². The van der Waals surface area contributed by atoms with Crippen LogP contribution in [0.1, 0.15) is 41.1 Å². The van der Waals surface area contributed by atoms with E-state index >= 15 is 0 Å². The number of hydrogen-bond donors (Lipinski definition) is 0. The molecule has 0 bridgehead atoms. The van der Waals surface area contributed by atoms with Crippen LogP contribution in [0.25, 0.3) is 105 Å². The van der Waals surface area contributed by atoms with Crippen LogP contribution in [0.5, 0.6) is 0 Å². The summed E-state index contributed by atoms with van der Waals surface area (Å²) in [6, 6.07) is -18.3. The molecule has 0 radical (unpaired) electrons. The first kappa shape index (κ1) is 14.1. The Balaban J connectivity index is 1.27. The monoisotopic (exact) mass is 755 g/mol. The van der Waals surface area contributed by atoms with Crippen molar-refractivity contribution in [2.75, 3.05) is 0 Å². The van der Waals surface area contributed by atoms with Crippen molar-refractivity contribution < 1.29 is 41.1 Å². The van der Waals surface area contributed by atoms with E-state index < -0.39 is 269 Å². The van der Waals surface area contributed by atoms with Gasteiger partial charge in [-0.15, -0.1) is 0 Å². The summed E-state index contributed by atoms with van der Waals surface area (Å²) >= 11 is 0. The van der Waals surface area contributed by atoms with Crippen LogP contribution in [-0.2, 0) is 0 Å². The van der Waals surface area contributed by atoms with E-state index in [0.29, 0.717) is 0 Å². The number of hydrogen-bond acceptors (Lipinski definition) is 0. The van der Waals surface area contributed by atoms with Crippen LogP contribution < -0.4 is 0 Å². The molecule has 0 aliphatic carbocycles. The smallest absolute Gasteiger partial charge is 0.0645 e. The molecule has 9 aromatic carbocycles. The first-order valence-electron chi connectivity index (χ1n) is 32.2. The third-order valence-electron chi connectivity index (χ3n) is 9.72. The third kappa shape index (κ3) is 4.73. The van der Waals surface area contributed by atoms with Gasteiger partial charge in [0, 0.05) is 38.0 Å². The van der Waals surface area contributed by atoms with Crippen molar-refractivity contribution in [1.29, 1.82) is 0 Å². The van der Waals surface area contributed by atoms with Crippen molar-refractivity contribution in [3.63, 3.8) is 0 Å². The Hall–Kier alpha value is -7.62. The highest BCUT2D eigenvalue weighted by atomic mass is 15.0. The lowest BCUT2D eigenvalue weighted by Crippen LogP contribution is -1.98. The Morgan fingerprint density at radius 3 is 1.42 bits per heavy atom. The quantitative estimate of drug-likeness (QED) is 0.166. The Labute approximate surface area is 371 Å². The van der Waals surface area contributed by atoms with Crippen LogP contribution >= 0.6 is 0 Å². The second kappa shape index (κ2) is 12.5. The standard InChI is InChI=1S/C54H35N3/c1-2-15-36(16-3-1)37-31-33-38(34-32-37)39-17-12-18-40(35-39)55-47-25-10-6-21-43(47)53-49(55)27-13-29-51(53)57-48-26-11-7-22-44(48)54-50(28-14-30-52(54)57)56-45-23-8-4-19-41(45)42-20-5-9-24-46(42)56/h1-35H/i1D,2D,3D,4D,5D,6D,7D,8D,9D,10D,11D,13D,14D,15D,16D,19D,20D,21D,22D,23D,24D,25D,26D,27D,28D,30D,31D,32D,33D,34D. The molecule has 3 aromatic heterocycles. The summed E-state index contributed by atoms with van der Waals surface area (Å²) < 4.78 is 275. The van der Waals surface area contributed by atoms with Crippen LogP contribution in [0.4, 0.5) is 0 Å². The normalized spacial score (nSPS) is 19.2. The Morgan fingerprint density at radius 2 is 0.754 bits per heavy atom. The molecule has 0 saturated carbocycles. The van der Waals surface area contributed by atoms with Gasteiger partial charge in [-0.05, 0) is 82.7 Å². The molecule has 3 nitrogen and oxygen atoms in total. The molecule has 0 amide bonds. The zero-order valence-corrected chi connectivity index (χ0v) is 28.7. The van der Waals surface area contributed by atoms with Crippen molar-refractivity contribution in [1.82, 2.24) is 13.7 Å². The lowest BCUT2D eigenvalue weighted by molar-refractivity contribution is 1.17. The highest BCUT2D eigenvalue weighted by Crippen LogP contribution is 2.43. The van der Waals surface area contributed by atoms with Gasteiger partial charge >= 0.3 is 0 Å². The summed E-state index contributed by atoms with van der Waals surface area (Å²) in [5.74, 6) is 0. The highest BCUT2D eigenvalue weighted by molar-refractivity contribution is 6.19. The fourth-order valence-electron chi connectivity index (χ4n) is 7.41. The van der Waals surface area contributed by atoms with Gasteiger partial charge in [-0.3, -0.25) is 0 Å². The molecule has 0 atom stereocenters. The molecule has 0 saturated heterocycles. The maximum absolute atomic E-state index is 9.74. The summed E-state index contributed by atoms with van der Waals surface area (Å²) in [5, 5.41) is -2.78. The van der Waals surface area contributed by atoms with E-state index in [2.05, 4.69) is 0 Å². The predicted octanol–water partition coefficient (Wildman–Crippen LogP) is 14.3. The molecule has 266 valence electrons. The first-order valence-corrected chi connectivity index (χ1v) is 17.2. The van der Waals surface area contributed by atoms with Gasteiger partial charge < -0.3 is 13.7 Å². The number of benzene rings is 9. The molecule has 0 aliphatic heterocycles. The van der Waals surface area contributed by atoms with Gasteiger partial charge in [0.25, 0.3) is 0 Å². The van der Waals surface area contributed by atoms with Crippen molar-refractivity contribution in [3.8, 4) is 39.3 Å². The lowest BCUT2D eigenvalue weighted by Gasteiger charge is -2.13. The maximum atomic E-state index is 9.74. The average Bonchev–Trinajstić information content (AvgIpc) is 1.53. The van der Waals surface area contributed by atoms with E-state index in [-0.39, 0.29) is 16.6 Å². The third-order valence-corrected chi connectivity index (χ3v) is 9.72. The Morgan fingerprint density at radius 1 is 0.298 bits per heavy atom. The summed E-state index contributed by atoms with van der Waals surface area (Å²) in [7, 11) is 0. The van der Waals surface area contributed by atoms with Gasteiger partial charge in [0.05, 0.1) is 85.6 Å². The van der Waals surface area contributed by atoms with Gasteiger partial charge in [-0.2, -0.15) is 0 Å². The molecule has 0 unspecified atom stereocenters. The second-order valence-electron chi connectivity index (χ2n) is 12.7. The molecule has 0 spiro atoms. The summed E-state index contributed by atoms with van der Waals surface area (Å²) in [5.41, 5.74) is -6.04. The van der Waals surface area contributed by atoms with Crippen LogP contribution in [-0.4, -0.2) is 13.7 Å². The Bertz CT molecular complexity index is 5150. The van der Waals surface area contributed by atoms with Gasteiger partial charge in [-0.1, -0.05) is 151 Å². The van der Waals surface area contributed by atoms with Crippen LogP contribution in [0, 0.1) is 0 Å². The number of para-hydroxylation sites is 4. The summed E-state index contributed by atoms with van der Waals surface area (Å²) in [6.07, 6.45) is 0. The van der Waals surface area contributed by atoms with E-state index in [9.17, 15) is 17.8 Å². The SMILES string of the molecule is [2H]c1cc(-n2c3c([2H])c([2H])c([2H])c([2H])c3c3c(-n4c5c([2H])c([2H])c([2H])c([2H])c5c5c([2H])c([2H])c([2H])c([2H])c54)c([2H])c([2H])c([2H])c32)c2c3c([2H])c([2H])c([2H])c([2H])c3n(-c3cccc(-c4c([2H])c([2H])c(-c5c([2H])c([2H])c([2H])c([2H])c5[2H])c([2H])c4[2H])c3)c2c1[2H]. The molecule has 3 heteroatoms. The summed E-state index contributed by atoms with van der Waals surface area (Å²) in [6.45, 7) is 0. The number of rotatable bonds is 5. The second-order valence-corrected chi connectivity index (χ2v) is 12.7. The topological polar surface area (TPSA) is 14.8 Å². The van der Waals surface area contributed by atoms with E-state index in [1.165, 1.54) is 24.3 Å². The maximum Gasteiger partial charge on any atom is 0.0645 e. The van der Waals surface area contributed by atoms with Crippen LogP contribution in [0.15, 0.2) is 212 Å².